The fourth-order valence-corrected chi connectivity index (χ4v) is 2.79. The molecular formula is C16H14N2O2S. The van der Waals surface area contributed by atoms with Crippen molar-refractivity contribution in [3.05, 3.63) is 57.8 Å². The highest BCUT2D eigenvalue weighted by Crippen LogP contribution is 2.24. The second kappa shape index (κ2) is 5.54. The molecule has 0 saturated heterocycles. The lowest BCUT2D eigenvalue weighted by molar-refractivity contribution is -0.124. The van der Waals surface area contributed by atoms with Gasteiger partial charge in [0.15, 0.2) is 0 Å². The number of rotatable bonds is 3. The number of amides is 1. The summed E-state index contributed by atoms with van der Waals surface area (Å²) in [6.45, 7) is 0. The Morgan fingerprint density at radius 2 is 2.00 bits per heavy atom. The van der Waals surface area contributed by atoms with Crippen molar-refractivity contribution < 1.29 is 9.53 Å². The number of hydrogen-bond acceptors (Lipinski definition) is 4. The molecule has 21 heavy (non-hydrogen) atoms. The average Bonchev–Trinajstić information content (AvgIpc) is 3.11. The van der Waals surface area contributed by atoms with Crippen LogP contribution in [0.4, 0.5) is 0 Å². The lowest BCUT2D eigenvalue weighted by Gasteiger charge is -2.03. The summed E-state index contributed by atoms with van der Waals surface area (Å²) in [5, 5.41) is 7.71. The smallest absolute Gasteiger partial charge is 0.276 e. The largest absolute Gasteiger partial charge is 0.497 e. The van der Waals surface area contributed by atoms with E-state index in [-0.39, 0.29) is 5.91 Å². The topological polar surface area (TPSA) is 41.9 Å². The number of hydrogen-bond donors (Lipinski definition) is 0. The van der Waals surface area contributed by atoms with E-state index in [1.54, 1.807) is 25.5 Å². The molecule has 5 heteroatoms. The molecule has 0 atom stereocenters. The third-order valence-corrected chi connectivity index (χ3v) is 4.04. The minimum atomic E-state index is -0.0887. The standard InChI is InChI=1S/C16H14N2O2S/c1-18-16(19)14(10-13-4-3-9-21-13)15(17-18)11-5-7-12(20-2)8-6-11/h3-10H,1-2H3/b14-10+. The Balaban J connectivity index is 2.01. The van der Waals surface area contributed by atoms with Crippen molar-refractivity contribution in [1.82, 2.24) is 5.01 Å². The zero-order valence-electron chi connectivity index (χ0n) is 11.7. The molecule has 1 aromatic carbocycles. The Kier molecular flexibility index (Phi) is 3.58. The summed E-state index contributed by atoms with van der Waals surface area (Å²) in [4.78, 5) is 13.3. The maximum Gasteiger partial charge on any atom is 0.276 e. The minimum absolute atomic E-state index is 0.0887. The molecule has 0 radical (unpaired) electrons. The molecule has 1 aliphatic rings. The number of carbonyl (C=O) groups excluding carboxylic acids is 1. The first kappa shape index (κ1) is 13.6. The van der Waals surface area contributed by atoms with Crippen molar-refractivity contribution >= 4 is 29.0 Å². The summed E-state index contributed by atoms with van der Waals surface area (Å²) in [5.74, 6) is 0.690. The maximum absolute atomic E-state index is 12.3. The van der Waals surface area contributed by atoms with E-state index < -0.39 is 0 Å². The number of thiophene rings is 1. The van der Waals surface area contributed by atoms with Crippen LogP contribution in [0, 0.1) is 0 Å². The second-order valence-electron chi connectivity index (χ2n) is 4.58. The van der Waals surface area contributed by atoms with Gasteiger partial charge in [0.1, 0.15) is 11.5 Å². The summed E-state index contributed by atoms with van der Waals surface area (Å²) < 4.78 is 5.16. The molecule has 0 saturated carbocycles. The molecule has 0 bridgehead atoms. The van der Waals surface area contributed by atoms with Crippen molar-refractivity contribution in [1.29, 1.82) is 0 Å². The second-order valence-corrected chi connectivity index (χ2v) is 5.56. The predicted molar refractivity (Wildman–Crippen MR) is 84.6 cm³/mol. The predicted octanol–water partition coefficient (Wildman–Crippen LogP) is 3.02. The highest BCUT2D eigenvalue weighted by atomic mass is 32.1. The van der Waals surface area contributed by atoms with Crippen molar-refractivity contribution in [3.63, 3.8) is 0 Å². The van der Waals surface area contributed by atoms with Crippen LogP contribution in [0.5, 0.6) is 5.75 Å². The zero-order chi connectivity index (χ0) is 14.8. The van der Waals surface area contributed by atoms with Gasteiger partial charge in [0.2, 0.25) is 0 Å². The molecule has 0 N–H and O–H groups in total. The monoisotopic (exact) mass is 298 g/mol. The minimum Gasteiger partial charge on any atom is -0.497 e. The highest BCUT2D eigenvalue weighted by molar-refractivity contribution is 7.10. The van der Waals surface area contributed by atoms with Crippen molar-refractivity contribution in [2.45, 2.75) is 0 Å². The van der Waals surface area contributed by atoms with Crippen LogP contribution in [0.3, 0.4) is 0 Å². The number of ether oxygens (including phenoxy) is 1. The number of benzene rings is 1. The molecule has 2 heterocycles. The lowest BCUT2D eigenvalue weighted by Crippen LogP contribution is -2.16. The lowest BCUT2D eigenvalue weighted by atomic mass is 10.0. The van der Waals surface area contributed by atoms with Gasteiger partial charge in [-0.1, -0.05) is 6.07 Å². The highest BCUT2D eigenvalue weighted by Gasteiger charge is 2.28. The van der Waals surface area contributed by atoms with E-state index in [0.717, 1.165) is 16.2 Å². The molecule has 4 nitrogen and oxygen atoms in total. The molecule has 0 spiro atoms. The SMILES string of the molecule is COc1ccc(C2=NN(C)C(=O)/C2=C/c2cccs2)cc1. The fourth-order valence-electron chi connectivity index (χ4n) is 2.13. The Labute approximate surface area is 127 Å². The van der Waals surface area contributed by atoms with Gasteiger partial charge in [-0.15, -0.1) is 11.3 Å². The number of carbonyl (C=O) groups is 1. The Bertz CT molecular complexity index is 715. The van der Waals surface area contributed by atoms with Gasteiger partial charge in [-0.2, -0.15) is 5.10 Å². The summed E-state index contributed by atoms with van der Waals surface area (Å²) in [6, 6.07) is 11.5. The molecular weight excluding hydrogens is 284 g/mol. The van der Waals surface area contributed by atoms with Crippen LogP contribution in [-0.2, 0) is 4.79 Å². The molecule has 1 aromatic heterocycles. The molecule has 0 aliphatic carbocycles. The van der Waals surface area contributed by atoms with E-state index in [2.05, 4.69) is 5.10 Å². The van der Waals surface area contributed by atoms with Crippen molar-refractivity contribution in [2.75, 3.05) is 14.2 Å². The van der Waals surface area contributed by atoms with Crippen LogP contribution in [-0.4, -0.2) is 30.8 Å². The summed E-state index contributed by atoms with van der Waals surface area (Å²) in [6.07, 6.45) is 1.89. The van der Waals surface area contributed by atoms with Gasteiger partial charge in [0.25, 0.3) is 5.91 Å². The van der Waals surface area contributed by atoms with Gasteiger partial charge in [-0.05, 0) is 41.8 Å². The van der Waals surface area contributed by atoms with Gasteiger partial charge in [0.05, 0.1) is 12.7 Å². The van der Waals surface area contributed by atoms with E-state index in [0.29, 0.717) is 11.3 Å². The van der Waals surface area contributed by atoms with E-state index in [4.69, 9.17) is 4.74 Å². The Hall–Kier alpha value is -2.40. The molecule has 106 valence electrons. The van der Waals surface area contributed by atoms with E-state index in [1.807, 2.05) is 47.9 Å². The van der Waals surface area contributed by atoms with E-state index in [9.17, 15) is 4.79 Å². The van der Waals surface area contributed by atoms with Crippen LogP contribution < -0.4 is 4.74 Å². The molecule has 1 aliphatic heterocycles. The molecule has 2 aromatic rings. The van der Waals surface area contributed by atoms with Gasteiger partial charge in [-0.25, -0.2) is 5.01 Å². The molecule has 0 unspecified atom stereocenters. The van der Waals surface area contributed by atoms with Gasteiger partial charge >= 0.3 is 0 Å². The van der Waals surface area contributed by atoms with Crippen LogP contribution in [0.2, 0.25) is 0 Å². The van der Waals surface area contributed by atoms with Gasteiger partial charge < -0.3 is 4.74 Å². The Morgan fingerprint density at radius 3 is 2.62 bits per heavy atom. The Morgan fingerprint density at radius 1 is 1.24 bits per heavy atom. The molecule has 0 fully saturated rings. The van der Waals surface area contributed by atoms with Crippen LogP contribution in [0.1, 0.15) is 10.4 Å². The number of hydrazone groups is 1. The third-order valence-electron chi connectivity index (χ3n) is 3.22. The van der Waals surface area contributed by atoms with Crippen molar-refractivity contribution in [2.24, 2.45) is 5.10 Å². The first-order chi connectivity index (χ1) is 10.2. The van der Waals surface area contributed by atoms with E-state index in [1.165, 1.54) is 5.01 Å². The average molecular weight is 298 g/mol. The number of nitrogens with zero attached hydrogens (tertiary/aromatic N) is 2. The number of methoxy groups -OCH3 is 1. The number of likely N-dealkylation sites (N-methyl/N-ethyl adjacent to an activating group) is 1. The van der Waals surface area contributed by atoms with Crippen LogP contribution >= 0.6 is 11.3 Å². The summed E-state index contributed by atoms with van der Waals surface area (Å²) in [5.41, 5.74) is 2.21. The quantitative estimate of drug-likeness (QED) is 0.817. The molecule has 3 rings (SSSR count). The summed E-state index contributed by atoms with van der Waals surface area (Å²) >= 11 is 1.59. The summed E-state index contributed by atoms with van der Waals surface area (Å²) in [7, 11) is 3.29. The van der Waals surface area contributed by atoms with Crippen LogP contribution in [0.15, 0.2) is 52.5 Å². The van der Waals surface area contributed by atoms with Crippen molar-refractivity contribution in [3.8, 4) is 5.75 Å². The zero-order valence-corrected chi connectivity index (χ0v) is 12.6. The van der Waals surface area contributed by atoms with Crippen LogP contribution in [0.25, 0.3) is 6.08 Å². The first-order valence-corrected chi connectivity index (χ1v) is 7.33. The maximum atomic E-state index is 12.3. The molecule has 1 amide bonds. The fraction of sp³-hybridized carbons (Fsp3) is 0.125. The van der Waals surface area contributed by atoms with Gasteiger partial charge in [-0.3, -0.25) is 4.79 Å². The third kappa shape index (κ3) is 2.60. The van der Waals surface area contributed by atoms with Gasteiger partial charge in [0, 0.05) is 17.5 Å². The van der Waals surface area contributed by atoms with E-state index >= 15 is 0 Å². The normalized spacial score (nSPS) is 16.5. The first-order valence-electron chi connectivity index (χ1n) is 6.45.